The van der Waals surface area contributed by atoms with Crippen LogP contribution >= 0.6 is 0 Å². The fourth-order valence-electron chi connectivity index (χ4n) is 1.35. The summed E-state index contributed by atoms with van der Waals surface area (Å²) in [5.41, 5.74) is 6.46. The predicted molar refractivity (Wildman–Crippen MR) is 65.1 cm³/mol. The van der Waals surface area contributed by atoms with Gasteiger partial charge < -0.3 is 21.0 Å². The van der Waals surface area contributed by atoms with Crippen LogP contribution in [0.3, 0.4) is 0 Å². The molecule has 0 fully saturated rings. The van der Waals surface area contributed by atoms with E-state index in [1.807, 2.05) is 12.1 Å². The average Bonchev–Trinajstić information content (AvgIpc) is 2.38. The van der Waals surface area contributed by atoms with Gasteiger partial charge in [0.2, 0.25) is 5.88 Å². The van der Waals surface area contributed by atoms with E-state index in [0.717, 1.165) is 25.1 Å². The maximum Gasteiger partial charge on any atom is 0.213 e. The van der Waals surface area contributed by atoms with Crippen LogP contribution in [0, 0.1) is 0 Å². The Balaban J connectivity index is 2.22. The number of hydrogen-bond donors (Lipinski definition) is 3. The van der Waals surface area contributed by atoms with Gasteiger partial charge in [0.25, 0.3) is 0 Å². The number of nitrogens with one attached hydrogen (secondary N) is 1. The van der Waals surface area contributed by atoms with Crippen molar-refractivity contribution in [3.8, 4) is 5.88 Å². The molecule has 94 valence electrons. The predicted octanol–water partition coefficient (Wildman–Crippen LogP) is 0.706. The fourth-order valence-corrected chi connectivity index (χ4v) is 1.35. The average molecular weight is 238 g/mol. The highest BCUT2D eigenvalue weighted by Crippen LogP contribution is 2.07. The van der Waals surface area contributed by atoms with Gasteiger partial charge in [-0.15, -0.1) is 0 Å². The molecule has 4 N–H and O–H groups in total. The largest absolute Gasteiger partial charge is 0.481 e. The highest BCUT2D eigenvalue weighted by molar-refractivity contribution is 5.79. The van der Waals surface area contributed by atoms with E-state index in [-0.39, 0.29) is 5.84 Å². The first-order valence-electron chi connectivity index (χ1n) is 5.42. The van der Waals surface area contributed by atoms with Crippen LogP contribution in [0.5, 0.6) is 5.88 Å². The van der Waals surface area contributed by atoms with Gasteiger partial charge in [-0.3, -0.25) is 0 Å². The lowest BCUT2D eigenvalue weighted by molar-refractivity contribution is 0.316. The molecule has 6 heteroatoms. The minimum absolute atomic E-state index is 0.261. The molecular weight excluding hydrogens is 220 g/mol. The quantitative estimate of drug-likeness (QED) is 0.214. The van der Waals surface area contributed by atoms with E-state index in [9.17, 15) is 0 Å². The molecule has 0 bridgehead atoms. The molecule has 0 radical (unpaired) electrons. The lowest BCUT2D eigenvalue weighted by Gasteiger charge is -2.05. The number of aromatic nitrogens is 1. The topological polar surface area (TPSA) is 92.8 Å². The second-order valence-electron chi connectivity index (χ2n) is 3.58. The van der Waals surface area contributed by atoms with Gasteiger partial charge in [0.15, 0.2) is 0 Å². The minimum atomic E-state index is 0.261. The van der Waals surface area contributed by atoms with Gasteiger partial charge in [-0.25, -0.2) is 4.98 Å². The molecule has 0 saturated carbocycles. The number of ether oxygens (including phenoxy) is 1. The zero-order chi connectivity index (χ0) is 12.5. The third kappa shape index (κ3) is 5.17. The molecule has 1 aromatic rings. The summed E-state index contributed by atoms with van der Waals surface area (Å²) in [6.07, 6.45) is 3.13. The van der Waals surface area contributed by atoms with Crippen molar-refractivity contribution < 1.29 is 9.94 Å². The van der Waals surface area contributed by atoms with Crippen molar-refractivity contribution in [1.29, 1.82) is 0 Å². The molecule has 6 nitrogen and oxygen atoms in total. The summed E-state index contributed by atoms with van der Waals surface area (Å²) >= 11 is 0. The smallest absolute Gasteiger partial charge is 0.213 e. The van der Waals surface area contributed by atoms with Gasteiger partial charge in [0.1, 0.15) is 5.84 Å². The molecule has 0 aliphatic carbocycles. The summed E-state index contributed by atoms with van der Waals surface area (Å²) in [5, 5.41) is 14.5. The summed E-state index contributed by atoms with van der Waals surface area (Å²) in [6, 6.07) is 3.82. The van der Waals surface area contributed by atoms with Crippen LogP contribution in [0.1, 0.15) is 18.4 Å². The summed E-state index contributed by atoms with van der Waals surface area (Å²) in [7, 11) is 1.59. The molecule has 0 spiro atoms. The van der Waals surface area contributed by atoms with Crippen LogP contribution in [0.4, 0.5) is 0 Å². The van der Waals surface area contributed by atoms with E-state index in [4.69, 9.17) is 15.7 Å². The fraction of sp³-hybridized carbons (Fsp3) is 0.455. The summed E-state index contributed by atoms with van der Waals surface area (Å²) in [5.74, 6) is 0.873. The molecule has 0 unspecified atom stereocenters. The molecule has 17 heavy (non-hydrogen) atoms. The van der Waals surface area contributed by atoms with Crippen LogP contribution in [0.25, 0.3) is 0 Å². The van der Waals surface area contributed by atoms with Crippen molar-refractivity contribution in [2.24, 2.45) is 10.9 Å². The normalized spacial score (nSPS) is 11.5. The first-order chi connectivity index (χ1) is 8.26. The number of pyridine rings is 1. The van der Waals surface area contributed by atoms with Gasteiger partial charge >= 0.3 is 0 Å². The highest BCUT2D eigenvalue weighted by Gasteiger charge is 1.97. The molecule has 0 aliphatic heterocycles. The number of rotatable bonds is 7. The van der Waals surface area contributed by atoms with E-state index < -0.39 is 0 Å². The van der Waals surface area contributed by atoms with Gasteiger partial charge in [0, 0.05) is 25.2 Å². The first-order valence-corrected chi connectivity index (χ1v) is 5.42. The molecule has 0 aromatic carbocycles. The van der Waals surface area contributed by atoms with E-state index >= 15 is 0 Å². The zero-order valence-electron chi connectivity index (χ0n) is 9.89. The minimum Gasteiger partial charge on any atom is -0.481 e. The molecule has 1 rings (SSSR count). The van der Waals surface area contributed by atoms with Crippen molar-refractivity contribution in [1.82, 2.24) is 10.3 Å². The first kappa shape index (κ1) is 13.2. The van der Waals surface area contributed by atoms with E-state index in [0.29, 0.717) is 12.3 Å². The Morgan fingerprint density at radius 1 is 1.65 bits per heavy atom. The monoisotopic (exact) mass is 238 g/mol. The standard InChI is InChI=1S/C11H18N4O2/c1-17-11-7-9(4-6-14-11)8-13-5-2-3-10(12)15-16/h4,6-7,13,16H,2-3,5,8H2,1H3,(H2,12,15). The van der Waals surface area contributed by atoms with E-state index in [2.05, 4.69) is 15.5 Å². The molecule has 0 aliphatic rings. The molecule has 0 saturated heterocycles. The number of nitrogens with two attached hydrogens (primary N) is 1. The van der Waals surface area contributed by atoms with Crippen molar-refractivity contribution in [3.63, 3.8) is 0 Å². The number of amidine groups is 1. The van der Waals surface area contributed by atoms with Crippen molar-refractivity contribution >= 4 is 5.84 Å². The second kappa shape index (κ2) is 7.45. The summed E-state index contributed by atoms with van der Waals surface area (Å²) < 4.78 is 5.03. The van der Waals surface area contributed by atoms with Crippen molar-refractivity contribution in [3.05, 3.63) is 23.9 Å². The molecule has 1 aromatic heterocycles. The van der Waals surface area contributed by atoms with Crippen LogP contribution in [0.2, 0.25) is 0 Å². The third-order valence-electron chi connectivity index (χ3n) is 2.25. The molecule has 0 amide bonds. The van der Waals surface area contributed by atoms with Gasteiger partial charge in [-0.1, -0.05) is 5.16 Å². The Morgan fingerprint density at radius 3 is 3.18 bits per heavy atom. The molecule has 1 heterocycles. The lowest BCUT2D eigenvalue weighted by atomic mass is 10.2. The zero-order valence-corrected chi connectivity index (χ0v) is 9.89. The van der Waals surface area contributed by atoms with E-state index in [1.54, 1.807) is 13.3 Å². The maximum absolute atomic E-state index is 8.35. The maximum atomic E-state index is 8.35. The summed E-state index contributed by atoms with van der Waals surface area (Å²) in [4.78, 5) is 4.03. The lowest BCUT2D eigenvalue weighted by Crippen LogP contribution is -2.18. The Hall–Kier alpha value is -1.82. The van der Waals surface area contributed by atoms with Crippen molar-refractivity contribution in [2.75, 3.05) is 13.7 Å². The summed E-state index contributed by atoms with van der Waals surface area (Å²) in [6.45, 7) is 1.55. The number of methoxy groups -OCH3 is 1. The van der Waals surface area contributed by atoms with Gasteiger partial charge in [0.05, 0.1) is 7.11 Å². The SMILES string of the molecule is COc1cc(CNCCCC(N)=NO)ccn1. The number of oxime groups is 1. The van der Waals surface area contributed by atoms with Crippen LogP contribution in [0.15, 0.2) is 23.5 Å². The van der Waals surface area contributed by atoms with Crippen molar-refractivity contribution in [2.45, 2.75) is 19.4 Å². The molecular formula is C11H18N4O2. The Kier molecular flexibility index (Phi) is 5.81. The van der Waals surface area contributed by atoms with Crippen LogP contribution in [-0.2, 0) is 6.54 Å². The van der Waals surface area contributed by atoms with Crippen LogP contribution < -0.4 is 15.8 Å². The number of nitrogens with zero attached hydrogens (tertiary/aromatic N) is 2. The third-order valence-corrected chi connectivity index (χ3v) is 2.25. The highest BCUT2D eigenvalue weighted by atomic mass is 16.5. The van der Waals surface area contributed by atoms with E-state index in [1.165, 1.54) is 0 Å². The molecule has 0 atom stereocenters. The van der Waals surface area contributed by atoms with Gasteiger partial charge in [-0.05, 0) is 24.6 Å². The number of hydrogen-bond acceptors (Lipinski definition) is 5. The Bertz CT molecular complexity index is 368. The Morgan fingerprint density at radius 2 is 2.47 bits per heavy atom. The Labute approximate surface area is 100 Å². The van der Waals surface area contributed by atoms with Gasteiger partial charge in [-0.2, -0.15) is 0 Å². The second-order valence-corrected chi connectivity index (χ2v) is 3.58. The van der Waals surface area contributed by atoms with Crippen LogP contribution in [-0.4, -0.2) is 29.7 Å².